The number of rotatable bonds is 11. The minimum absolute atomic E-state index is 0. The van der Waals surface area contributed by atoms with Crippen molar-refractivity contribution in [1.29, 1.82) is 0 Å². The van der Waals surface area contributed by atoms with Crippen LogP contribution in [0.3, 0.4) is 0 Å². The van der Waals surface area contributed by atoms with Gasteiger partial charge in [-0.15, -0.1) is 0 Å². The SMILES string of the molecule is O=C(NOC1CCCCO1)C1(S(=O)(=O)c2ccc(OCCCc3cccc(-c4ccc(F)cc4)c3)cc2)CCOCC1.[HH]. The van der Waals surface area contributed by atoms with Gasteiger partial charge in [0.05, 0.1) is 11.5 Å². The normalized spacial score (nSPS) is 18.7. The summed E-state index contributed by atoms with van der Waals surface area (Å²) in [6.45, 7) is 1.29. The standard InChI is InChI=1S/C32H36FNO7S.H2/c33-27-11-9-25(10-12-27)26-7-3-5-24(23-26)6-4-20-39-28-13-15-29(16-14-28)42(36,37)32(17-21-38-22-18-32)31(35)34-41-30-8-1-2-19-40-30;/h3,5,7,9-16,23,30H,1-2,4,6,8,17-22H2,(H,34,35);1H. The van der Waals surface area contributed by atoms with Gasteiger partial charge in [0, 0.05) is 27.7 Å². The minimum atomic E-state index is -4.07. The highest BCUT2D eigenvalue weighted by atomic mass is 32.2. The maximum Gasteiger partial charge on any atom is 0.265 e. The third kappa shape index (κ3) is 7.00. The van der Waals surface area contributed by atoms with Gasteiger partial charge in [-0.05, 0) is 91.6 Å². The van der Waals surface area contributed by atoms with E-state index in [1.54, 1.807) is 24.3 Å². The van der Waals surface area contributed by atoms with Crippen molar-refractivity contribution in [3.8, 4) is 16.9 Å². The lowest BCUT2D eigenvalue weighted by Gasteiger charge is -2.35. The van der Waals surface area contributed by atoms with Gasteiger partial charge in [0.15, 0.2) is 20.9 Å². The first-order valence-electron chi connectivity index (χ1n) is 14.4. The average Bonchev–Trinajstić information content (AvgIpc) is 3.03. The topological polar surface area (TPSA) is 100 Å². The molecule has 1 atom stereocenters. The van der Waals surface area contributed by atoms with E-state index in [0.29, 0.717) is 25.4 Å². The zero-order chi connectivity index (χ0) is 29.4. The molecule has 0 bridgehead atoms. The number of aryl methyl sites for hydroxylation is 1. The molecule has 0 saturated carbocycles. The van der Waals surface area contributed by atoms with Crippen LogP contribution in [0.4, 0.5) is 4.39 Å². The van der Waals surface area contributed by atoms with Gasteiger partial charge in [0.1, 0.15) is 11.6 Å². The van der Waals surface area contributed by atoms with Crippen LogP contribution in [-0.4, -0.2) is 51.8 Å². The van der Waals surface area contributed by atoms with Gasteiger partial charge in [-0.1, -0.05) is 36.4 Å². The lowest BCUT2D eigenvalue weighted by molar-refractivity contribution is -0.202. The molecule has 0 radical (unpaired) electrons. The third-order valence-corrected chi connectivity index (χ3v) is 10.3. The molecular formula is C32H38FNO7S. The molecule has 1 unspecified atom stereocenters. The zero-order valence-electron chi connectivity index (χ0n) is 23.4. The third-order valence-electron chi connectivity index (χ3n) is 7.77. The molecule has 8 nitrogen and oxygen atoms in total. The molecule has 2 aliphatic rings. The van der Waals surface area contributed by atoms with Crippen molar-refractivity contribution in [2.75, 3.05) is 26.4 Å². The fourth-order valence-electron chi connectivity index (χ4n) is 5.29. The van der Waals surface area contributed by atoms with E-state index in [9.17, 15) is 17.6 Å². The Balaban J connectivity index is 0.00000423. The Labute approximate surface area is 247 Å². The van der Waals surface area contributed by atoms with Crippen LogP contribution in [0.1, 0.15) is 45.5 Å². The summed E-state index contributed by atoms with van der Waals surface area (Å²) in [5, 5.41) is 0. The second kappa shape index (κ2) is 13.8. The summed E-state index contributed by atoms with van der Waals surface area (Å²) >= 11 is 0. The van der Waals surface area contributed by atoms with Gasteiger partial charge >= 0.3 is 0 Å². The van der Waals surface area contributed by atoms with Gasteiger partial charge in [-0.25, -0.2) is 23.1 Å². The van der Waals surface area contributed by atoms with Crippen molar-refractivity contribution in [1.82, 2.24) is 5.48 Å². The molecular weight excluding hydrogens is 561 g/mol. The van der Waals surface area contributed by atoms with E-state index in [4.69, 9.17) is 19.0 Å². The Morgan fingerprint density at radius 1 is 0.976 bits per heavy atom. The summed E-state index contributed by atoms with van der Waals surface area (Å²) in [6.07, 6.45) is 3.47. The van der Waals surface area contributed by atoms with Crippen molar-refractivity contribution >= 4 is 15.7 Å². The largest absolute Gasteiger partial charge is 0.494 e. The molecule has 0 spiro atoms. The first-order chi connectivity index (χ1) is 20.4. The average molecular weight is 600 g/mol. The van der Waals surface area contributed by atoms with Crippen molar-refractivity contribution in [2.24, 2.45) is 0 Å². The molecule has 2 heterocycles. The van der Waals surface area contributed by atoms with Crippen LogP contribution in [-0.2, 0) is 35.4 Å². The maximum absolute atomic E-state index is 13.8. The summed E-state index contributed by atoms with van der Waals surface area (Å²) in [6, 6.07) is 20.7. The number of hydroxylamine groups is 1. The van der Waals surface area contributed by atoms with Crippen LogP contribution >= 0.6 is 0 Å². The predicted octanol–water partition coefficient (Wildman–Crippen LogP) is 5.65. The zero-order valence-corrected chi connectivity index (χ0v) is 24.2. The van der Waals surface area contributed by atoms with E-state index in [0.717, 1.165) is 42.4 Å². The molecule has 2 fully saturated rings. The van der Waals surface area contributed by atoms with Crippen LogP contribution in [0.25, 0.3) is 11.1 Å². The van der Waals surface area contributed by atoms with Crippen LogP contribution in [0.5, 0.6) is 5.75 Å². The van der Waals surface area contributed by atoms with E-state index in [-0.39, 0.29) is 38.2 Å². The number of carbonyl (C=O) groups excluding carboxylic acids is 1. The molecule has 3 aromatic carbocycles. The molecule has 0 aromatic heterocycles. The van der Waals surface area contributed by atoms with Crippen molar-refractivity contribution in [3.63, 3.8) is 0 Å². The van der Waals surface area contributed by atoms with Gasteiger partial charge < -0.3 is 14.2 Å². The summed E-state index contributed by atoms with van der Waals surface area (Å²) in [7, 11) is -4.07. The molecule has 2 saturated heterocycles. The van der Waals surface area contributed by atoms with Crippen LogP contribution < -0.4 is 10.2 Å². The Hall–Kier alpha value is -3.31. The number of carbonyl (C=O) groups is 1. The van der Waals surface area contributed by atoms with E-state index >= 15 is 0 Å². The number of sulfone groups is 1. The molecule has 42 heavy (non-hydrogen) atoms. The second-order valence-corrected chi connectivity index (χ2v) is 12.8. The fraction of sp³-hybridized carbons (Fsp3) is 0.406. The van der Waals surface area contributed by atoms with E-state index in [1.807, 2.05) is 18.2 Å². The monoisotopic (exact) mass is 599 g/mol. The molecule has 2 aliphatic heterocycles. The molecule has 3 aromatic rings. The Kier molecular flexibility index (Phi) is 9.89. The lowest BCUT2D eigenvalue weighted by Crippen LogP contribution is -2.56. The van der Waals surface area contributed by atoms with Crippen LogP contribution in [0.2, 0.25) is 0 Å². The highest BCUT2D eigenvalue weighted by Crippen LogP contribution is 2.36. The molecule has 5 rings (SSSR count). The van der Waals surface area contributed by atoms with Crippen molar-refractivity contribution in [2.45, 2.75) is 60.9 Å². The summed E-state index contributed by atoms with van der Waals surface area (Å²) in [5.41, 5.74) is 5.49. The fourth-order valence-corrected chi connectivity index (χ4v) is 7.23. The first-order valence-corrected chi connectivity index (χ1v) is 15.8. The molecule has 226 valence electrons. The Morgan fingerprint density at radius 2 is 1.74 bits per heavy atom. The number of ether oxygens (including phenoxy) is 3. The van der Waals surface area contributed by atoms with Gasteiger partial charge in [0.2, 0.25) is 0 Å². The molecule has 10 heteroatoms. The lowest BCUT2D eigenvalue weighted by atomic mass is 9.98. The molecule has 0 aliphatic carbocycles. The number of halogens is 1. The van der Waals surface area contributed by atoms with Gasteiger partial charge in [-0.2, -0.15) is 0 Å². The highest BCUT2D eigenvalue weighted by molar-refractivity contribution is 7.93. The number of hydrogen-bond acceptors (Lipinski definition) is 7. The van der Waals surface area contributed by atoms with Crippen LogP contribution in [0.15, 0.2) is 77.7 Å². The first kappa shape index (κ1) is 30.2. The summed E-state index contributed by atoms with van der Waals surface area (Å²) in [4.78, 5) is 18.8. The second-order valence-electron chi connectivity index (χ2n) is 10.6. The number of benzene rings is 3. The predicted molar refractivity (Wildman–Crippen MR) is 157 cm³/mol. The molecule has 1 N–H and O–H groups in total. The molecule has 1 amide bonds. The van der Waals surface area contributed by atoms with Crippen LogP contribution in [0, 0.1) is 5.82 Å². The highest BCUT2D eigenvalue weighted by Gasteiger charge is 2.52. The van der Waals surface area contributed by atoms with E-state index in [1.165, 1.54) is 24.3 Å². The minimum Gasteiger partial charge on any atom is -0.494 e. The number of nitrogens with one attached hydrogen (secondary N) is 1. The van der Waals surface area contributed by atoms with Crippen molar-refractivity contribution in [3.05, 3.63) is 84.2 Å². The number of hydrogen-bond donors (Lipinski definition) is 1. The van der Waals surface area contributed by atoms with Gasteiger partial charge in [0.25, 0.3) is 5.91 Å². The summed E-state index contributed by atoms with van der Waals surface area (Å²) in [5.74, 6) is -0.428. The Morgan fingerprint density at radius 3 is 2.45 bits per heavy atom. The summed E-state index contributed by atoms with van der Waals surface area (Å²) < 4.78 is 55.9. The quantitative estimate of drug-likeness (QED) is 0.225. The maximum atomic E-state index is 13.8. The van der Waals surface area contributed by atoms with E-state index < -0.39 is 26.8 Å². The Bertz CT molecular complexity index is 1440. The number of amides is 1. The van der Waals surface area contributed by atoms with E-state index in [2.05, 4.69) is 11.5 Å². The smallest absolute Gasteiger partial charge is 0.265 e. The van der Waals surface area contributed by atoms with Gasteiger partial charge in [-0.3, -0.25) is 4.79 Å². The van der Waals surface area contributed by atoms with Crippen molar-refractivity contribution < 1.29 is 38.1 Å².